The van der Waals surface area contributed by atoms with Crippen LogP contribution in [-0.2, 0) is 11.3 Å². The van der Waals surface area contributed by atoms with Gasteiger partial charge in [0.2, 0.25) is 0 Å². The normalized spacial score (nSPS) is 26.9. The number of aryl methyl sites for hydroxylation is 1. The zero-order valence-corrected chi connectivity index (χ0v) is 16.1. The highest BCUT2D eigenvalue weighted by Crippen LogP contribution is 2.53. The first-order valence-electron chi connectivity index (χ1n) is 10.3. The number of benzene rings is 1. The number of rotatable bonds is 2. The Morgan fingerprint density at radius 3 is 2.89 bits per heavy atom. The minimum Gasteiger partial charge on any atom is -0.486 e. The number of likely N-dealkylation sites (tertiary alicyclic amines) is 1. The van der Waals surface area contributed by atoms with Gasteiger partial charge in [-0.1, -0.05) is 18.2 Å². The van der Waals surface area contributed by atoms with Gasteiger partial charge in [-0.2, -0.15) is 0 Å². The molecular formula is C23H28N2O2. The van der Waals surface area contributed by atoms with Gasteiger partial charge in [0.05, 0.1) is 11.8 Å². The van der Waals surface area contributed by atoms with Gasteiger partial charge in [-0.15, -0.1) is 0 Å². The third kappa shape index (κ3) is 3.15. The van der Waals surface area contributed by atoms with Crippen LogP contribution in [0.2, 0.25) is 0 Å². The lowest BCUT2D eigenvalue weighted by atomic mass is 9.70. The van der Waals surface area contributed by atoms with Crippen molar-refractivity contribution in [2.75, 3.05) is 19.7 Å². The average Bonchev–Trinajstić information content (AvgIpc) is 2.71. The second kappa shape index (κ2) is 6.92. The zero-order chi connectivity index (χ0) is 18.3. The van der Waals surface area contributed by atoms with Crippen molar-refractivity contribution in [3.63, 3.8) is 0 Å². The van der Waals surface area contributed by atoms with Gasteiger partial charge in [-0.25, -0.2) is 0 Å². The largest absolute Gasteiger partial charge is 0.486 e. The van der Waals surface area contributed by atoms with Crippen LogP contribution in [0.4, 0.5) is 0 Å². The molecule has 2 atom stereocenters. The highest BCUT2D eigenvalue weighted by atomic mass is 16.5. The molecule has 3 aliphatic rings. The molecule has 0 amide bonds. The molecule has 1 aromatic heterocycles. The number of ether oxygens (including phenoxy) is 2. The molecule has 0 saturated carbocycles. The molecule has 1 spiro atoms. The van der Waals surface area contributed by atoms with Crippen molar-refractivity contribution < 1.29 is 9.47 Å². The topological polar surface area (TPSA) is 34.6 Å². The van der Waals surface area contributed by atoms with Crippen LogP contribution in [0, 0.1) is 12.8 Å². The maximum absolute atomic E-state index is 6.79. The summed E-state index contributed by atoms with van der Waals surface area (Å²) in [7, 11) is 0. The molecule has 4 heteroatoms. The van der Waals surface area contributed by atoms with Gasteiger partial charge >= 0.3 is 0 Å². The molecular weight excluding hydrogens is 336 g/mol. The summed E-state index contributed by atoms with van der Waals surface area (Å²) < 4.78 is 13.1. The molecule has 3 aliphatic heterocycles. The van der Waals surface area contributed by atoms with Crippen molar-refractivity contribution in [1.29, 1.82) is 0 Å². The van der Waals surface area contributed by atoms with Crippen LogP contribution in [0.1, 0.15) is 48.6 Å². The van der Waals surface area contributed by atoms with Gasteiger partial charge in [0.25, 0.3) is 0 Å². The number of hydrogen-bond acceptors (Lipinski definition) is 4. The lowest BCUT2D eigenvalue weighted by Gasteiger charge is -2.53. The smallest absolute Gasteiger partial charge is 0.126 e. The van der Waals surface area contributed by atoms with Crippen molar-refractivity contribution in [3.05, 3.63) is 59.4 Å². The van der Waals surface area contributed by atoms with Gasteiger partial charge in [0.15, 0.2) is 0 Å². The number of pyridine rings is 1. The number of hydrogen-bond donors (Lipinski definition) is 0. The van der Waals surface area contributed by atoms with Crippen LogP contribution in [-0.4, -0.2) is 35.2 Å². The maximum atomic E-state index is 6.79. The van der Waals surface area contributed by atoms with Crippen LogP contribution >= 0.6 is 0 Å². The summed E-state index contributed by atoms with van der Waals surface area (Å²) in [4.78, 5) is 7.00. The monoisotopic (exact) mass is 364 g/mol. The Morgan fingerprint density at radius 1 is 1.19 bits per heavy atom. The SMILES string of the molecule is Cc1ccc2c(c1)OC1(CCN(Cc3ccccn3)CC1)[C@H]1CCCO[C@H]21. The summed E-state index contributed by atoms with van der Waals surface area (Å²) in [6.45, 7) is 6.05. The van der Waals surface area contributed by atoms with Crippen molar-refractivity contribution in [2.24, 2.45) is 5.92 Å². The molecule has 142 valence electrons. The van der Waals surface area contributed by atoms with Crippen LogP contribution in [0.15, 0.2) is 42.6 Å². The molecule has 0 radical (unpaired) electrons. The standard InChI is InChI=1S/C23H28N2O2/c1-17-7-8-19-21(15-17)27-23(20-6-4-14-26-22(19)20)9-12-25(13-10-23)16-18-5-2-3-11-24-18/h2-3,5,7-8,11,15,20,22H,4,6,9-10,12-14,16H2,1H3/t20-,22+/m0/s1. The molecule has 0 aliphatic carbocycles. The Morgan fingerprint density at radius 2 is 2.07 bits per heavy atom. The summed E-state index contributed by atoms with van der Waals surface area (Å²) in [6, 6.07) is 12.8. The molecule has 0 bridgehead atoms. The minimum atomic E-state index is -0.0769. The molecule has 2 saturated heterocycles. The van der Waals surface area contributed by atoms with Crippen LogP contribution < -0.4 is 4.74 Å². The molecule has 4 nitrogen and oxygen atoms in total. The molecule has 0 N–H and O–H groups in total. The highest BCUT2D eigenvalue weighted by Gasteiger charge is 2.52. The average molecular weight is 364 g/mol. The summed E-state index contributed by atoms with van der Waals surface area (Å²) in [5.74, 6) is 1.52. The lowest BCUT2D eigenvalue weighted by Crippen LogP contribution is -2.57. The molecule has 1 aromatic carbocycles. The Balaban J connectivity index is 1.38. The first-order chi connectivity index (χ1) is 13.2. The number of fused-ring (bicyclic) bond motifs is 4. The summed E-state index contributed by atoms with van der Waals surface area (Å²) in [5, 5.41) is 0. The first kappa shape index (κ1) is 17.2. The van der Waals surface area contributed by atoms with E-state index in [4.69, 9.17) is 9.47 Å². The fourth-order valence-electron chi connectivity index (χ4n) is 5.17. The Kier molecular flexibility index (Phi) is 4.41. The van der Waals surface area contributed by atoms with E-state index in [1.165, 1.54) is 17.5 Å². The lowest BCUT2D eigenvalue weighted by molar-refractivity contribution is -0.150. The van der Waals surface area contributed by atoms with Crippen LogP contribution in [0.25, 0.3) is 0 Å². The Labute approximate surface area is 161 Å². The maximum Gasteiger partial charge on any atom is 0.126 e. The third-order valence-electron chi connectivity index (χ3n) is 6.60. The van der Waals surface area contributed by atoms with E-state index in [1.54, 1.807) is 0 Å². The van der Waals surface area contributed by atoms with E-state index in [2.05, 4.69) is 47.1 Å². The van der Waals surface area contributed by atoms with Gasteiger partial charge in [-0.05, 0) is 43.5 Å². The number of piperidine rings is 1. The van der Waals surface area contributed by atoms with Gasteiger partial charge in [0, 0.05) is 56.8 Å². The minimum absolute atomic E-state index is 0.0769. The molecule has 2 aromatic rings. The first-order valence-corrected chi connectivity index (χ1v) is 10.3. The fraction of sp³-hybridized carbons (Fsp3) is 0.522. The van der Waals surface area contributed by atoms with E-state index < -0.39 is 0 Å². The predicted molar refractivity (Wildman–Crippen MR) is 105 cm³/mol. The van der Waals surface area contributed by atoms with Gasteiger partial charge < -0.3 is 9.47 Å². The molecule has 4 heterocycles. The second-order valence-electron chi connectivity index (χ2n) is 8.35. The third-order valence-corrected chi connectivity index (χ3v) is 6.60. The van der Waals surface area contributed by atoms with E-state index in [1.807, 2.05) is 12.3 Å². The van der Waals surface area contributed by atoms with E-state index in [0.29, 0.717) is 5.92 Å². The van der Waals surface area contributed by atoms with Crippen molar-refractivity contribution >= 4 is 0 Å². The van der Waals surface area contributed by atoms with Gasteiger partial charge in [0.1, 0.15) is 11.4 Å². The highest BCUT2D eigenvalue weighted by molar-refractivity contribution is 5.42. The number of nitrogens with zero attached hydrogens (tertiary/aromatic N) is 2. The van der Waals surface area contributed by atoms with E-state index >= 15 is 0 Å². The van der Waals surface area contributed by atoms with E-state index in [-0.39, 0.29) is 11.7 Å². The van der Waals surface area contributed by atoms with Crippen molar-refractivity contribution in [3.8, 4) is 5.75 Å². The van der Waals surface area contributed by atoms with Gasteiger partial charge in [-0.3, -0.25) is 9.88 Å². The Hall–Kier alpha value is -1.91. The molecule has 5 rings (SSSR count). The second-order valence-corrected chi connectivity index (χ2v) is 8.35. The van der Waals surface area contributed by atoms with Crippen molar-refractivity contribution in [1.82, 2.24) is 9.88 Å². The van der Waals surface area contributed by atoms with Crippen molar-refractivity contribution in [2.45, 2.75) is 50.9 Å². The Bertz CT molecular complexity index is 799. The summed E-state index contributed by atoms with van der Waals surface area (Å²) in [5.41, 5.74) is 3.59. The molecule has 0 unspecified atom stereocenters. The van der Waals surface area contributed by atoms with Crippen LogP contribution in [0.5, 0.6) is 5.75 Å². The quantitative estimate of drug-likeness (QED) is 0.796. The number of aromatic nitrogens is 1. The molecule has 27 heavy (non-hydrogen) atoms. The summed E-state index contributed by atoms with van der Waals surface area (Å²) >= 11 is 0. The van der Waals surface area contributed by atoms with E-state index in [0.717, 1.165) is 56.9 Å². The van der Waals surface area contributed by atoms with Crippen LogP contribution in [0.3, 0.4) is 0 Å². The predicted octanol–water partition coefficient (Wildman–Crippen LogP) is 4.28. The summed E-state index contributed by atoms with van der Waals surface area (Å²) in [6.07, 6.45) is 6.57. The zero-order valence-electron chi connectivity index (χ0n) is 16.1. The fourth-order valence-corrected chi connectivity index (χ4v) is 5.17. The molecule has 2 fully saturated rings. The van der Waals surface area contributed by atoms with E-state index in [9.17, 15) is 0 Å².